The molecular weight excluding hydrogens is 312 g/mol. The van der Waals surface area contributed by atoms with Crippen LogP contribution in [0, 0.1) is 10.1 Å². The largest absolute Gasteiger partial charge is 0.489 e. The Labute approximate surface area is 119 Å². The van der Waals surface area contributed by atoms with Crippen molar-refractivity contribution in [3.63, 3.8) is 0 Å². The predicted molar refractivity (Wildman–Crippen MR) is 70.7 cm³/mol. The van der Waals surface area contributed by atoms with Crippen molar-refractivity contribution in [2.45, 2.75) is 11.8 Å². The van der Waals surface area contributed by atoms with Crippen LogP contribution >= 0.6 is 10.7 Å². The molecule has 1 aromatic rings. The number of nitrogens with one attached hydrogen (secondary N) is 1. The Morgan fingerprint density at radius 1 is 1.50 bits per heavy atom. The fourth-order valence-electron chi connectivity index (χ4n) is 1.50. The van der Waals surface area contributed by atoms with Gasteiger partial charge in [0.2, 0.25) is 5.75 Å². The lowest BCUT2D eigenvalue weighted by atomic mass is 10.1. The zero-order valence-corrected chi connectivity index (χ0v) is 12.1. The highest BCUT2D eigenvalue weighted by molar-refractivity contribution is 8.13. The van der Waals surface area contributed by atoms with Crippen LogP contribution in [0.15, 0.2) is 17.0 Å². The van der Waals surface area contributed by atoms with Gasteiger partial charge in [-0.3, -0.25) is 14.9 Å². The van der Waals surface area contributed by atoms with Crippen molar-refractivity contribution in [3.8, 4) is 5.75 Å². The first-order valence-corrected chi connectivity index (χ1v) is 7.62. The molecule has 0 bridgehead atoms. The molecule has 0 spiro atoms. The molecule has 1 aromatic carbocycles. The normalized spacial score (nSPS) is 10.9. The number of rotatable bonds is 5. The number of hydrogen-bond donors (Lipinski definition) is 1. The maximum absolute atomic E-state index is 11.7. The van der Waals surface area contributed by atoms with Gasteiger partial charge < -0.3 is 10.1 Å². The minimum absolute atomic E-state index is 0.196. The van der Waals surface area contributed by atoms with Gasteiger partial charge in [0.25, 0.3) is 15.0 Å². The molecule has 8 nitrogen and oxygen atoms in total. The van der Waals surface area contributed by atoms with Gasteiger partial charge in [0, 0.05) is 28.9 Å². The van der Waals surface area contributed by atoms with Gasteiger partial charge in [-0.25, -0.2) is 8.42 Å². The fraction of sp³-hybridized carbons (Fsp3) is 0.300. The molecule has 0 aromatic heterocycles. The first-order chi connectivity index (χ1) is 9.22. The number of carbonyl (C=O) groups is 1. The van der Waals surface area contributed by atoms with Crippen molar-refractivity contribution >= 4 is 31.3 Å². The molecule has 1 N–H and O–H groups in total. The number of hydrogen-bond acceptors (Lipinski definition) is 6. The van der Waals surface area contributed by atoms with E-state index in [1.165, 1.54) is 0 Å². The van der Waals surface area contributed by atoms with Crippen LogP contribution in [0.25, 0.3) is 0 Å². The van der Waals surface area contributed by atoms with E-state index in [1.54, 1.807) is 6.92 Å². The molecule has 0 aliphatic rings. The zero-order chi connectivity index (χ0) is 15.5. The highest BCUT2D eigenvalue weighted by Crippen LogP contribution is 2.36. The summed E-state index contributed by atoms with van der Waals surface area (Å²) in [7, 11) is 1.97. The second-order valence-corrected chi connectivity index (χ2v) is 6.12. The van der Waals surface area contributed by atoms with Crippen LogP contribution in [-0.2, 0) is 9.05 Å². The molecule has 0 fully saturated rings. The topological polar surface area (TPSA) is 116 Å². The van der Waals surface area contributed by atoms with Crippen molar-refractivity contribution in [3.05, 3.63) is 27.8 Å². The average molecular weight is 323 g/mol. The summed E-state index contributed by atoms with van der Waals surface area (Å²) < 4.78 is 27.6. The SMILES string of the molecule is CCNC(=O)c1cc([N+](=O)[O-])c(OC)c(S(=O)(=O)Cl)c1. The molecule has 0 atom stereocenters. The summed E-state index contributed by atoms with van der Waals surface area (Å²) in [5.74, 6) is -1.17. The summed E-state index contributed by atoms with van der Waals surface area (Å²) in [6, 6.07) is 1.86. The number of halogens is 1. The number of ether oxygens (including phenoxy) is 1. The van der Waals surface area contributed by atoms with Crippen LogP contribution in [0.1, 0.15) is 17.3 Å². The molecule has 10 heteroatoms. The van der Waals surface area contributed by atoms with Gasteiger partial charge in [-0.2, -0.15) is 0 Å². The molecule has 0 radical (unpaired) electrons. The third-order valence-electron chi connectivity index (χ3n) is 2.30. The monoisotopic (exact) mass is 322 g/mol. The van der Waals surface area contributed by atoms with E-state index in [-0.39, 0.29) is 12.1 Å². The minimum atomic E-state index is -4.31. The molecule has 1 rings (SSSR count). The van der Waals surface area contributed by atoms with E-state index in [2.05, 4.69) is 5.32 Å². The van der Waals surface area contributed by atoms with E-state index in [0.717, 1.165) is 19.2 Å². The van der Waals surface area contributed by atoms with Gasteiger partial charge in [0.15, 0.2) is 0 Å². The Bertz CT molecular complexity index is 658. The van der Waals surface area contributed by atoms with Gasteiger partial charge in [-0.15, -0.1) is 0 Å². The lowest BCUT2D eigenvalue weighted by Crippen LogP contribution is -2.23. The molecular formula is C10H11ClN2O6S. The standard InChI is InChI=1S/C10H11ClN2O6S/c1-3-12-10(14)6-4-7(13(15)16)9(19-2)8(5-6)20(11,17)18/h4-5H,3H2,1-2H3,(H,12,14). The van der Waals surface area contributed by atoms with Crippen LogP contribution in [0.4, 0.5) is 5.69 Å². The molecule has 0 heterocycles. The van der Waals surface area contributed by atoms with Crippen LogP contribution in [0.5, 0.6) is 5.75 Å². The van der Waals surface area contributed by atoms with Crippen molar-refractivity contribution < 1.29 is 22.9 Å². The first-order valence-electron chi connectivity index (χ1n) is 5.31. The lowest BCUT2D eigenvalue weighted by molar-refractivity contribution is -0.386. The van der Waals surface area contributed by atoms with Gasteiger partial charge in [0.1, 0.15) is 4.90 Å². The predicted octanol–water partition coefficient (Wildman–Crippen LogP) is 1.28. The van der Waals surface area contributed by atoms with Crippen LogP contribution in [-0.4, -0.2) is 32.9 Å². The highest BCUT2D eigenvalue weighted by atomic mass is 35.7. The average Bonchev–Trinajstić information content (AvgIpc) is 2.36. The number of methoxy groups -OCH3 is 1. The summed E-state index contributed by atoms with van der Waals surface area (Å²) in [5.41, 5.74) is -0.853. The van der Waals surface area contributed by atoms with Gasteiger partial charge >= 0.3 is 5.69 Å². The maximum atomic E-state index is 11.7. The number of nitro groups is 1. The Kier molecular flexibility index (Phi) is 4.90. The van der Waals surface area contributed by atoms with Gasteiger partial charge in [0.05, 0.1) is 12.0 Å². The first kappa shape index (κ1) is 16.2. The van der Waals surface area contributed by atoms with Gasteiger partial charge in [-0.1, -0.05) is 0 Å². The molecule has 0 saturated heterocycles. The molecule has 0 aliphatic carbocycles. The molecule has 1 amide bonds. The second kappa shape index (κ2) is 6.06. The molecule has 110 valence electrons. The quantitative estimate of drug-likeness (QED) is 0.496. The van der Waals surface area contributed by atoms with Crippen molar-refractivity contribution in [1.29, 1.82) is 0 Å². The Hall–Kier alpha value is -1.87. The summed E-state index contributed by atoms with van der Waals surface area (Å²) in [6.07, 6.45) is 0. The van der Waals surface area contributed by atoms with Gasteiger partial charge in [-0.05, 0) is 13.0 Å². The maximum Gasteiger partial charge on any atom is 0.313 e. The lowest BCUT2D eigenvalue weighted by Gasteiger charge is -2.09. The van der Waals surface area contributed by atoms with Crippen molar-refractivity contribution in [2.24, 2.45) is 0 Å². The Balaban J connectivity index is 3.65. The van der Waals surface area contributed by atoms with Crippen molar-refractivity contribution in [2.75, 3.05) is 13.7 Å². The molecule has 0 aliphatic heterocycles. The summed E-state index contributed by atoms with van der Waals surface area (Å²) in [4.78, 5) is 21.2. The van der Waals surface area contributed by atoms with Crippen LogP contribution < -0.4 is 10.1 Å². The van der Waals surface area contributed by atoms with E-state index in [0.29, 0.717) is 0 Å². The van der Waals surface area contributed by atoms with Crippen LogP contribution in [0.2, 0.25) is 0 Å². The van der Waals surface area contributed by atoms with E-state index in [9.17, 15) is 23.3 Å². The zero-order valence-electron chi connectivity index (χ0n) is 10.5. The summed E-state index contributed by atoms with van der Waals surface area (Å²) >= 11 is 0. The van der Waals surface area contributed by atoms with Crippen molar-refractivity contribution in [1.82, 2.24) is 5.32 Å². The smallest absolute Gasteiger partial charge is 0.313 e. The number of benzene rings is 1. The summed E-state index contributed by atoms with van der Waals surface area (Å²) in [6.45, 7) is 1.93. The van der Waals surface area contributed by atoms with E-state index >= 15 is 0 Å². The van der Waals surface area contributed by atoms with E-state index in [4.69, 9.17) is 15.4 Å². The third-order valence-corrected chi connectivity index (χ3v) is 3.63. The number of carbonyl (C=O) groups excluding carboxylic acids is 1. The van der Waals surface area contributed by atoms with E-state index < -0.39 is 36.2 Å². The Morgan fingerprint density at radius 3 is 2.50 bits per heavy atom. The highest BCUT2D eigenvalue weighted by Gasteiger charge is 2.28. The third kappa shape index (κ3) is 3.36. The molecule has 0 unspecified atom stereocenters. The molecule has 20 heavy (non-hydrogen) atoms. The Morgan fingerprint density at radius 2 is 2.10 bits per heavy atom. The van der Waals surface area contributed by atoms with E-state index in [1.807, 2.05) is 0 Å². The number of nitro benzene ring substituents is 1. The second-order valence-electron chi connectivity index (χ2n) is 3.58. The fourth-order valence-corrected chi connectivity index (χ4v) is 2.52. The minimum Gasteiger partial charge on any atom is -0.489 e. The number of amides is 1. The molecule has 0 saturated carbocycles. The van der Waals surface area contributed by atoms with Crippen LogP contribution in [0.3, 0.4) is 0 Å². The number of nitrogens with zero attached hydrogens (tertiary/aromatic N) is 1. The summed E-state index contributed by atoms with van der Waals surface area (Å²) in [5, 5.41) is 13.4.